The molecule has 3 heteroatoms. The van der Waals surface area contributed by atoms with Crippen LogP contribution in [-0.2, 0) is 10.2 Å². The SMILES string of the molecule is Cc1ccccc1C(C)(C)C(=O)NCC1CCCN1. The highest BCUT2D eigenvalue weighted by Gasteiger charge is 2.31. The van der Waals surface area contributed by atoms with E-state index < -0.39 is 5.41 Å². The van der Waals surface area contributed by atoms with Crippen LogP contribution >= 0.6 is 0 Å². The Kier molecular flexibility index (Phi) is 4.25. The fraction of sp³-hybridized carbons (Fsp3) is 0.562. The van der Waals surface area contributed by atoms with Gasteiger partial charge >= 0.3 is 0 Å². The van der Waals surface area contributed by atoms with E-state index in [-0.39, 0.29) is 5.91 Å². The lowest BCUT2D eigenvalue weighted by molar-refractivity contribution is -0.125. The van der Waals surface area contributed by atoms with Crippen molar-refractivity contribution in [1.82, 2.24) is 10.6 Å². The monoisotopic (exact) mass is 260 g/mol. The first kappa shape index (κ1) is 14.1. The van der Waals surface area contributed by atoms with Gasteiger partial charge < -0.3 is 10.6 Å². The Balaban J connectivity index is 2.02. The summed E-state index contributed by atoms with van der Waals surface area (Å²) in [5, 5.41) is 6.49. The number of aryl methyl sites for hydroxylation is 1. The van der Waals surface area contributed by atoms with E-state index in [1.807, 2.05) is 32.0 Å². The van der Waals surface area contributed by atoms with E-state index in [4.69, 9.17) is 0 Å². The molecule has 0 saturated carbocycles. The molecule has 0 aliphatic carbocycles. The van der Waals surface area contributed by atoms with Crippen LogP contribution in [0.3, 0.4) is 0 Å². The van der Waals surface area contributed by atoms with E-state index in [2.05, 4.69) is 23.6 Å². The van der Waals surface area contributed by atoms with E-state index in [0.29, 0.717) is 6.04 Å². The van der Waals surface area contributed by atoms with E-state index in [1.54, 1.807) is 0 Å². The molecule has 1 atom stereocenters. The lowest BCUT2D eigenvalue weighted by Crippen LogP contribution is -2.45. The second kappa shape index (κ2) is 5.74. The smallest absolute Gasteiger partial charge is 0.230 e. The van der Waals surface area contributed by atoms with E-state index >= 15 is 0 Å². The summed E-state index contributed by atoms with van der Waals surface area (Å²) in [5.74, 6) is 0.107. The van der Waals surface area contributed by atoms with Crippen molar-refractivity contribution < 1.29 is 4.79 Å². The Bertz CT molecular complexity index is 448. The van der Waals surface area contributed by atoms with Gasteiger partial charge in [0.2, 0.25) is 5.91 Å². The molecule has 1 aliphatic heterocycles. The second-order valence-electron chi connectivity index (χ2n) is 5.94. The molecule has 1 amide bonds. The predicted molar refractivity (Wildman–Crippen MR) is 78.2 cm³/mol. The number of hydrogen-bond acceptors (Lipinski definition) is 2. The summed E-state index contributed by atoms with van der Waals surface area (Å²) in [5.41, 5.74) is 1.79. The molecule has 1 aliphatic rings. The first-order valence-electron chi connectivity index (χ1n) is 7.09. The highest BCUT2D eigenvalue weighted by molar-refractivity contribution is 5.87. The molecule has 1 aromatic rings. The van der Waals surface area contributed by atoms with Crippen LogP contribution in [-0.4, -0.2) is 25.0 Å². The van der Waals surface area contributed by atoms with Crippen molar-refractivity contribution in [3.63, 3.8) is 0 Å². The lowest BCUT2D eigenvalue weighted by Gasteiger charge is -2.26. The molecule has 0 radical (unpaired) electrons. The van der Waals surface area contributed by atoms with Crippen molar-refractivity contribution in [2.75, 3.05) is 13.1 Å². The van der Waals surface area contributed by atoms with Gasteiger partial charge in [0.1, 0.15) is 0 Å². The minimum atomic E-state index is -0.482. The first-order valence-corrected chi connectivity index (χ1v) is 7.09. The molecule has 19 heavy (non-hydrogen) atoms. The zero-order valence-corrected chi connectivity index (χ0v) is 12.1. The van der Waals surface area contributed by atoms with Gasteiger partial charge in [-0.3, -0.25) is 4.79 Å². The number of carbonyl (C=O) groups is 1. The molecule has 1 saturated heterocycles. The quantitative estimate of drug-likeness (QED) is 0.871. The molecule has 1 unspecified atom stereocenters. The van der Waals surface area contributed by atoms with Crippen LogP contribution in [0.2, 0.25) is 0 Å². The third kappa shape index (κ3) is 3.16. The molecule has 1 fully saturated rings. The molecule has 2 rings (SSSR count). The van der Waals surface area contributed by atoms with Crippen LogP contribution in [0.25, 0.3) is 0 Å². The minimum Gasteiger partial charge on any atom is -0.354 e. The van der Waals surface area contributed by atoms with Crippen LogP contribution in [0.4, 0.5) is 0 Å². The molecule has 0 aromatic heterocycles. The molecular weight excluding hydrogens is 236 g/mol. The van der Waals surface area contributed by atoms with Crippen molar-refractivity contribution in [2.24, 2.45) is 0 Å². The summed E-state index contributed by atoms with van der Waals surface area (Å²) in [6.45, 7) is 7.85. The second-order valence-corrected chi connectivity index (χ2v) is 5.94. The molecule has 2 N–H and O–H groups in total. The largest absolute Gasteiger partial charge is 0.354 e. The van der Waals surface area contributed by atoms with E-state index in [9.17, 15) is 4.79 Å². The van der Waals surface area contributed by atoms with Gasteiger partial charge in [-0.15, -0.1) is 0 Å². The van der Waals surface area contributed by atoms with Crippen molar-refractivity contribution in [3.8, 4) is 0 Å². The molecular formula is C16H24N2O. The maximum Gasteiger partial charge on any atom is 0.230 e. The zero-order chi connectivity index (χ0) is 13.9. The number of hydrogen-bond donors (Lipinski definition) is 2. The van der Waals surface area contributed by atoms with Crippen molar-refractivity contribution in [2.45, 2.75) is 45.1 Å². The van der Waals surface area contributed by atoms with Crippen LogP contribution < -0.4 is 10.6 Å². The highest BCUT2D eigenvalue weighted by atomic mass is 16.2. The van der Waals surface area contributed by atoms with Gasteiger partial charge in [-0.2, -0.15) is 0 Å². The summed E-state index contributed by atoms with van der Waals surface area (Å²) in [6, 6.07) is 8.55. The fourth-order valence-corrected chi connectivity index (χ4v) is 2.76. The Morgan fingerprint density at radius 2 is 2.16 bits per heavy atom. The topological polar surface area (TPSA) is 41.1 Å². The molecule has 1 heterocycles. The van der Waals surface area contributed by atoms with Crippen LogP contribution in [0, 0.1) is 6.92 Å². The Hall–Kier alpha value is -1.35. The van der Waals surface area contributed by atoms with Gasteiger partial charge in [0, 0.05) is 12.6 Å². The summed E-state index contributed by atoms with van der Waals surface area (Å²) in [4.78, 5) is 12.4. The van der Waals surface area contributed by atoms with E-state index in [0.717, 1.165) is 25.1 Å². The van der Waals surface area contributed by atoms with Crippen LogP contribution in [0.15, 0.2) is 24.3 Å². The van der Waals surface area contributed by atoms with Crippen molar-refractivity contribution >= 4 is 5.91 Å². The number of carbonyl (C=O) groups excluding carboxylic acids is 1. The van der Waals surface area contributed by atoms with Gasteiger partial charge in [0.25, 0.3) is 0 Å². The summed E-state index contributed by atoms with van der Waals surface area (Å²) in [6.07, 6.45) is 2.37. The maximum absolute atomic E-state index is 12.4. The maximum atomic E-state index is 12.4. The van der Waals surface area contributed by atoms with Gasteiger partial charge in [0.15, 0.2) is 0 Å². The Labute approximate surface area is 115 Å². The Morgan fingerprint density at radius 3 is 2.79 bits per heavy atom. The van der Waals surface area contributed by atoms with Crippen molar-refractivity contribution in [3.05, 3.63) is 35.4 Å². The average Bonchev–Trinajstić information content (AvgIpc) is 2.89. The lowest BCUT2D eigenvalue weighted by atomic mass is 9.81. The summed E-state index contributed by atoms with van der Waals surface area (Å²) >= 11 is 0. The molecule has 0 spiro atoms. The standard InChI is InChI=1S/C16H24N2O/c1-12-7-4-5-9-14(12)16(2,3)15(19)18-11-13-8-6-10-17-13/h4-5,7,9,13,17H,6,8,10-11H2,1-3H3,(H,18,19). The number of rotatable bonds is 4. The Morgan fingerprint density at radius 1 is 1.42 bits per heavy atom. The van der Waals surface area contributed by atoms with Crippen molar-refractivity contribution in [1.29, 1.82) is 0 Å². The zero-order valence-electron chi connectivity index (χ0n) is 12.1. The fourth-order valence-electron chi connectivity index (χ4n) is 2.76. The third-order valence-corrected chi connectivity index (χ3v) is 4.06. The number of benzene rings is 1. The predicted octanol–water partition coefficient (Wildman–Crippen LogP) is 2.14. The highest BCUT2D eigenvalue weighted by Crippen LogP contribution is 2.26. The third-order valence-electron chi connectivity index (χ3n) is 4.06. The number of nitrogens with one attached hydrogen (secondary N) is 2. The molecule has 1 aromatic carbocycles. The van der Waals surface area contributed by atoms with Gasteiger partial charge in [-0.1, -0.05) is 24.3 Å². The van der Waals surface area contributed by atoms with Crippen LogP contribution in [0.1, 0.15) is 37.8 Å². The normalized spacial score (nSPS) is 19.4. The average molecular weight is 260 g/mol. The van der Waals surface area contributed by atoms with Crippen LogP contribution in [0.5, 0.6) is 0 Å². The van der Waals surface area contributed by atoms with Gasteiger partial charge in [-0.05, 0) is 51.3 Å². The van der Waals surface area contributed by atoms with Gasteiger partial charge in [0.05, 0.1) is 5.41 Å². The summed E-state index contributed by atoms with van der Waals surface area (Å²) < 4.78 is 0. The number of amides is 1. The summed E-state index contributed by atoms with van der Waals surface area (Å²) in [7, 11) is 0. The molecule has 3 nitrogen and oxygen atoms in total. The minimum absolute atomic E-state index is 0.107. The first-order chi connectivity index (χ1) is 9.01. The molecule has 0 bridgehead atoms. The molecule has 104 valence electrons. The van der Waals surface area contributed by atoms with E-state index in [1.165, 1.54) is 12.0 Å². The van der Waals surface area contributed by atoms with Gasteiger partial charge in [-0.25, -0.2) is 0 Å².